The van der Waals surface area contributed by atoms with E-state index < -0.39 is 5.97 Å². The van der Waals surface area contributed by atoms with Crippen LogP contribution in [0.5, 0.6) is 11.5 Å². The zero-order valence-electron chi connectivity index (χ0n) is 14.5. The number of ether oxygens (including phenoxy) is 2. The molecule has 0 unspecified atom stereocenters. The summed E-state index contributed by atoms with van der Waals surface area (Å²) in [6.07, 6.45) is 1.77. The van der Waals surface area contributed by atoms with Gasteiger partial charge in [0.15, 0.2) is 0 Å². The Balaban J connectivity index is 1.62. The minimum absolute atomic E-state index is 0.391. The highest BCUT2D eigenvalue weighted by molar-refractivity contribution is 5.91. The molecule has 0 spiro atoms. The van der Waals surface area contributed by atoms with Crippen LogP contribution in [-0.2, 0) is 0 Å². The molecule has 0 saturated carbocycles. The van der Waals surface area contributed by atoms with Gasteiger partial charge < -0.3 is 9.47 Å². The maximum absolute atomic E-state index is 12.1. The molecule has 0 bridgehead atoms. The number of hydrogen-bond acceptors (Lipinski definition) is 4. The molecule has 4 nitrogen and oxygen atoms in total. The van der Waals surface area contributed by atoms with Gasteiger partial charge >= 0.3 is 5.97 Å². The Labute approximate surface area is 152 Å². The minimum Gasteiger partial charge on any atom is -0.494 e. The standard InChI is InChI=1S/C22H19NO3/c1-2-25-20-14-8-17(9-15-20)16-23-19-12-10-18(11-13-19)22(24)26-21-6-4-3-5-7-21/h3-16H,2H2,1H3. The highest BCUT2D eigenvalue weighted by atomic mass is 16.5. The minimum atomic E-state index is -0.391. The van der Waals surface area contributed by atoms with Crippen LogP contribution < -0.4 is 9.47 Å². The molecule has 4 heteroatoms. The van der Waals surface area contributed by atoms with Crippen molar-refractivity contribution in [1.29, 1.82) is 0 Å². The van der Waals surface area contributed by atoms with E-state index in [0.29, 0.717) is 17.9 Å². The van der Waals surface area contributed by atoms with Gasteiger partial charge in [-0.2, -0.15) is 0 Å². The fourth-order valence-electron chi connectivity index (χ4n) is 2.30. The molecule has 0 radical (unpaired) electrons. The molecule has 0 N–H and O–H groups in total. The summed E-state index contributed by atoms with van der Waals surface area (Å²) in [6, 6.07) is 23.7. The van der Waals surface area contributed by atoms with E-state index in [-0.39, 0.29) is 0 Å². The first kappa shape index (κ1) is 17.4. The monoisotopic (exact) mass is 345 g/mol. The van der Waals surface area contributed by atoms with Gasteiger partial charge in [0.1, 0.15) is 11.5 Å². The third-order valence-corrected chi connectivity index (χ3v) is 3.61. The Hall–Kier alpha value is -3.40. The molecule has 0 fully saturated rings. The summed E-state index contributed by atoms with van der Waals surface area (Å²) in [5.41, 5.74) is 2.21. The Morgan fingerprint density at radius 1 is 0.885 bits per heavy atom. The Morgan fingerprint density at radius 2 is 1.58 bits per heavy atom. The SMILES string of the molecule is CCOc1ccc(C=Nc2ccc(C(=O)Oc3ccccc3)cc2)cc1. The van der Waals surface area contributed by atoms with Crippen LogP contribution >= 0.6 is 0 Å². The first-order chi connectivity index (χ1) is 12.7. The van der Waals surface area contributed by atoms with E-state index in [2.05, 4.69) is 4.99 Å². The van der Waals surface area contributed by atoms with Gasteiger partial charge in [-0.05, 0) is 73.2 Å². The summed E-state index contributed by atoms with van der Waals surface area (Å²) in [5.74, 6) is 0.972. The van der Waals surface area contributed by atoms with Crippen molar-refractivity contribution < 1.29 is 14.3 Å². The molecule has 3 rings (SSSR count). The lowest BCUT2D eigenvalue weighted by Gasteiger charge is -2.04. The maximum atomic E-state index is 12.1. The van der Waals surface area contributed by atoms with E-state index in [9.17, 15) is 4.79 Å². The average Bonchev–Trinajstić information content (AvgIpc) is 2.69. The molecular formula is C22H19NO3. The summed E-state index contributed by atoms with van der Waals surface area (Å²) in [4.78, 5) is 16.5. The van der Waals surface area contributed by atoms with Gasteiger partial charge in [-0.15, -0.1) is 0 Å². The van der Waals surface area contributed by atoms with E-state index in [0.717, 1.165) is 17.0 Å². The molecule has 0 aromatic heterocycles. The molecule has 0 aliphatic rings. The van der Waals surface area contributed by atoms with Crippen LogP contribution in [0.4, 0.5) is 5.69 Å². The van der Waals surface area contributed by atoms with Crippen molar-refractivity contribution in [2.75, 3.05) is 6.61 Å². The maximum Gasteiger partial charge on any atom is 0.343 e. The lowest BCUT2D eigenvalue weighted by molar-refractivity contribution is 0.0735. The second kappa shape index (κ2) is 8.62. The van der Waals surface area contributed by atoms with E-state index in [1.54, 1.807) is 42.6 Å². The Morgan fingerprint density at radius 3 is 2.23 bits per heavy atom. The van der Waals surface area contributed by atoms with Crippen molar-refractivity contribution >= 4 is 17.9 Å². The van der Waals surface area contributed by atoms with Crippen molar-refractivity contribution in [2.45, 2.75) is 6.92 Å². The highest BCUT2D eigenvalue weighted by Crippen LogP contribution is 2.17. The van der Waals surface area contributed by atoms with Crippen LogP contribution in [0.1, 0.15) is 22.8 Å². The smallest absolute Gasteiger partial charge is 0.343 e. The molecule has 26 heavy (non-hydrogen) atoms. The molecule has 0 aliphatic carbocycles. The quantitative estimate of drug-likeness (QED) is 0.357. The van der Waals surface area contributed by atoms with Crippen LogP contribution in [0.3, 0.4) is 0 Å². The molecule has 0 amide bonds. The number of rotatable bonds is 6. The first-order valence-electron chi connectivity index (χ1n) is 8.39. The summed E-state index contributed by atoms with van der Waals surface area (Å²) in [5, 5.41) is 0. The lowest BCUT2D eigenvalue weighted by atomic mass is 10.2. The topological polar surface area (TPSA) is 47.9 Å². The van der Waals surface area contributed by atoms with E-state index in [1.165, 1.54) is 0 Å². The van der Waals surface area contributed by atoms with Crippen LogP contribution in [0.15, 0.2) is 83.9 Å². The van der Waals surface area contributed by atoms with Crippen molar-refractivity contribution in [3.05, 3.63) is 90.0 Å². The Bertz CT molecular complexity index is 870. The second-order valence-corrected chi connectivity index (χ2v) is 5.51. The van der Waals surface area contributed by atoms with Gasteiger partial charge in [0.05, 0.1) is 17.9 Å². The van der Waals surface area contributed by atoms with Gasteiger partial charge in [-0.3, -0.25) is 4.99 Å². The number of benzene rings is 3. The number of hydrogen-bond donors (Lipinski definition) is 0. The number of carbonyl (C=O) groups excluding carboxylic acids is 1. The molecule has 0 heterocycles. The van der Waals surface area contributed by atoms with Crippen LogP contribution in [0.25, 0.3) is 0 Å². The number of para-hydroxylation sites is 1. The van der Waals surface area contributed by atoms with E-state index >= 15 is 0 Å². The van der Waals surface area contributed by atoms with Gasteiger partial charge in [0.25, 0.3) is 0 Å². The molecule has 0 aliphatic heterocycles. The zero-order valence-corrected chi connectivity index (χ0v) is 14.5. The third-order valence-electron chi connectivity index (χ3n) is 3.61. The van der Waals surface area contributed by atoms with Crippen LogP contribution in [0.2, 0.25) is 0 Å². The molecule has 0 saturated heterocycles. The normalized spacial score (nSPS) is 10.7. The van der Waals surface area contributed by atoms with Gasteiger partial charge in [-0.1, -0.05) is 18.2 Å². The van der Waals surface area contributed by atoms with Crippen molar-refractivity contribution in [3.63, 3.8) is 0 Å². The summed E-state index contributed by atoms with van der Waals surface area (Å²) in [6.45, 7) is 2.60. The summed E-state index contributed by atoms with van der Waals surface area (Å²) < 4.78 is 10.7. The number of esters is 1. The molecular weight excluding hydrogens is 326 g/mol. The first-order valence-corrected chi connectivity index (χ1v) is 8.39. The van der Waals surface area contributed by atoms with Gasteiger partial charge in [0.2, 0.25) is 0 Å². The zero-order chi connectivity index (χ0) is 18.2. The summed E-state index contributed by atoms with van der Waals surface area (Å²) >= 11 is 0. The number of carbonyl (C=O) groups is 1. The largest absolute Gasteiger partial charge is 0.494 e. The number of nitrogens with zero attached hydrogens (tertiary/aromatic N) is 1. The van der Waals surface area contributed by atoms with Crippen molar-refractivity contribution in [1.82, 2.24) is 0 Å². The predicted octanol–water partition coefficient (Wildman–Crippen LogP) is 5.06. The van der Waals surface area contributed by atoms with Crippen molar-refractivity contribution in [2.24, 2.45) is 4.99 Å². The summed E-state index contributed by atoms with van der Waals surface area (Å²) in [7, 11) is 0. The fourth-order valence-corrected chi connectivity index (χ4v) is 2.30. The van der Waals surface area contributed by atoms with Crippen LogP contribution in [0, 0.1) is 0 Å². The molecule has 3 aromatic carbocycles. The lowest BCUT2D eigenvalue weighted by Crippen LogP contribution is -2.07. The average molecular weight is 345 g/mol. The molecule has 3 aromatic rings. The van der Waals surface area contributed by atoms with Crippen molar-refractivity contribution in [3.8, 4) is 11.5 Å². The Kier molecular flexibility index (Phi) is 5.78. The fraction of sp³-hybridized carbons (Fsp3) is 0.0909. The predicted molar refractivity (Wildman–Crippen MR) is 103 cm³/mol. The highest BCUT2D eigenvalue weighted by Gasteiger charge is 2.07. The third kappa shape index (κ3) is 4.80. The molecule has 130 valence electrons. The van der Waals surface area contributed by atoms with Gasteiger partial charge in [-0.25, -0.2) is 4.79 Å². The van der Waals surface area contributed by atoms with E-state index in [4.69, 9.17) is 9.47 Å². The second-order valence-electron chi connectivity index (χ2n) is 5.51. The van der Waals surface area contributed by atoms with E-state index in [1.807, 2.05) is 49.4 Å². The number of aliphatic imine (C=N–C) groups is 1. The van der Waals surface area contributed by atoms with Gasteiger partial charge in [0, 0.05) is 6.21 Å². The molecule has 0 atom stereocenters. The van der Waals surface area contributed by atoms with Crippen LogP contribution in [-0.4, -0.2) is 18.8 Å².